The van der Waals surface area contributed by atoms with Gasteiger partial charge in [0.15, 0.2) is 5.65 Å². The lowest BCUT2D eigenvalue weighted by Gasteiger charge is -2.30. The first-order valence-corrected chi connectivity index (χ1v) is 13.1. The number of fused-ring (bicyclic) bond motifs is 1. The van der Waals surface area contributed by atoms with Crippen LogP contribution in [0.4, 0.5) is 30.7 Å². The standard InChI is InChI=1S/C26H26F7N7O2/c1-39-19(10-17(38-39)22(27)28)24(42)36-21(13-4-6-25(29,30)7-5-13)18-12-40-20(35-18)3-2-16(37-40)9-14-8-15(26(31,32)33)11-34-23(14)41/h2-4,10,12,14-15,21-22H,5-9,11H2,1H3,(H,34,41)(H,36,42)/t14?,15-,21+/m1/s1. The van der Waals surface area contributed by atoms with Crippen LogP contribution >= 0.6 is 0 Å². The molecule has 0 saturated carbocycles. The van der Waals surface area contributed by atoms with Crippen LogP contribution in [0, 0.1) is 11.8 Å². The van der Waals surface area contributed by atoms with Crippen LogP contribution in [0.25, 0.3) is 5.65 Å². The highest BCUT2D eigenvalue weighted by molar-refractivity contribution is 5.93. The molecule has 1 aliphatic carbocycles. The zero-order valence-corrected chi connectivity index (χ0v) is 22.1. The molecule has 5 rings (SSSR count). The smallest absolute Gasteiger partial charge is 0.355 e. The molecule has 2 N–H and O–H groups in total. The van der Waals surface area contributed by atoms with E-state index in [4.69, 9.17) is 0 Å². The van der Waals surface area contributed by atoms with Crippen molar-refractivity contribution in [3.05, 3.63) is 58.8 Å². The Morgan fingerprint density at radius 2 is 1.98 bits per heavy atom. The number of nitrogens with one attached hydrogen (secondary N) is 2. The molecule has 1 unspecified atom stereocenters. The average Bonchev–Trinajstić information content (AvgIpc) is 3.51. The van der Waals surface area contributed by atoms with E-state index in [0.717, 1.165) is 10.7 Å². The fraction of sp³-hybridized carbons (Fsp3) is 0.500. The predicted octanol–water partition coefficient (Wildman–Crippen LogP) is 4.47. The first-order chi connectivity index (χ1) is 19.7. The van der Waals surface area contributed by atoms with Crippen molar-refractivity contribution < 1.29 is 40.3 Å². The predicted molar refractivity (Wildman–Crippen MR) is 133 cm³/mol. The molecule has 9 nitrogen and oxygen atoms in total. The summed E-state index contributed by atoms with van der Waals surface area (Å²) in [6.45, 7) is -0.479. The number of halogens is 7. The lowest BCUT2D eigenvalue weighted by Crippen LogP contribution is -2.47. The summed E-state index contributed by atoms with van der Waals surface area (Å²) in [5.41, 5.74) is 0.481. The van der Waals surface area contributed by atoms with E-state index in [1.54, 1.807) is 0 Å². The highest BCUT2D eigenvalue weighted by atomic mass is 19.4. The summed E-state index contributed by atoms with van der Waals surface area (Å²) < 4.78 is 96.0. The Morgan fingerprint density at radius 1 is 1.21 bits per heavy atom. The molecule has 3 atom stereocenters. The van der Waals surface area contributed by atoms with E-state index < -0.39 is 73.3 Å². The number of aromatic nitrogens is 5. The van der Waals surface area contributed by atoms with Crippen LogP contribution in [0.5, 0.6) is 0 Å². The molecule has 42 heavy (non-hydrogen) atoms. The van der Waals surface area contributed by atoms with Gasteiger partial charge in [-0.15, -0.1) is 0 Å². The second-order valence-corrected chi connectivity index (χ2v) is 10.5. The zero-order valence-electron chi connectivity index (χ0n) is 22.1. The number of rotatable bonds is 7. The third-order valence-electron chi connectivity index (χ3n) is 7.51. The lowest BCUT2D eigenvalue weighted by molar-refractivity contribution is -0.183. The fourth-order valence-corrected chi connectivity index (χ4v) is 5.21. The fourth-order valence-electron chi connectivity index (χ4n) is 5.21. The van der Waals surface area contributed by atoms with Gasteiger partial charge in [0.05, 0.1) is 29.5 Å². The molecule has 0 aromatic carbocycles. The van der Waals surface area contributed by atoms with Gasteiger partial charge in [0, 0.05) is 38.8 Å². The topological polar surface area (TPSA) is 106 Å². The Balaban J connectivity index is 1.42. The van der Waals surface area contributed by atoms with Crippen molar-refractivity contribution in [2.75, 3.05) is 6.54 Å². The molecule has 2 amide bonds. The number of aryl methyl sites for hydroxylation is 1. The average molecular weight is 602 g/mol. The lowest BCUT2D eigenvalue weighted by atomic mass is 9.86. The Labute approximate surface area is 234 Å². The van der Waals surface area contributed by atoms with E-state index in [9.17, 15) is 40.3 Å². The number of carbonyl (C=O) groups excluding carboxylic acids is 2. The molecule has 4 heterocycles. The molecule has 3 aromatic rings. The van der Waals surface area contributed by atoms with Gasteiger partial charge in [-0.2, -0.15) is 23.4 Å². The summed E-state index contributed by atoms with van der Waals surface area (Å²) in [6.07, 6.45) is -6.15. The third kappa shape index (κ3) is 6.26. The molecule has 226 valence electrons. The highest BCUT2D eigenvalue weighted by Crippen LogP contribution is 2.38. The van der Waals surface area contributed by atoms with Crippen LogP contribution in [0.15, 0.2) is 36.0 Å². The van der Waals surface area contributed by atoms with Crippen molar-refractivity contribution in [3.8, 4) is 0 Å². The number of piperidine rings is 1. The second-order valence-electron chi connectivity index (χ2n) is 10.5. The third-order valence-corrected chi connectivity index (χ3v) is 7.51. The largest absolute Gasteiger partial charge is 0.393 e. The van der Waals surface area contributed by atoms with Crippen LogP contribution < -0.4 is 10.6 Å². The molecule has 1 aliphatic heterocycles. The minimum absolute atomic E-state index is 0.0603. The van der Waals surface area contributed by atoms with E-state index in [-0.39, 0.29) is 36.3 Å². The maximum absolute atomic E-state index is 13.9. The highest BCUT2D eigenvalue weighted by Gasteiger charge is 2.44. The van der Waals surface area contributed by atoms with Crippen molar-refractivity contribution in [1.82, 2.24) is 35.0 Å². The van der Waals surface area contributed by atoms with Gasteiger partial charge < -0.3 is 10.6 Å². The van der Waals surface area contributed by atoms with Crippen LogP contribution in [0.3, 0.4) is 0 Å². The maximum atomic E-state index is 13.9. The van der Waals surface area contributed by atoms with Crippen molar-refractivity contribution >= 4 is 17.5 Å². The van der Waals surface area contributed by atoms with Crippen molar-refractivity contribution in [3.63, 3.8) is 0 Å². The van der Waals surface area contributed by atoms with E-state index in [1.807, 2.05) is 0 Å². The van der Waals surface area contributed by atoms with Crippen molar-refractivity contribution in [1.29, 1.82) is 0 Å². The first kappa shape index (κ1) is 29.5. The Bertz CT molecular complexity index is 1530. The van der Waals surface area contributed by atoms with Gasteiger partial charge in [0.2, 0.25) is 5.91 Å². The van der Waals surface area contributed by atoms with Crippen LogP contribution in [0.1, 0.15) is 65.7 Å². The summed E-state index contributed by atoms with van der Waals surface area (Å²) in [7, 11) is 1.32. The summed E-state index contributed by atoms with van der Waals surface area (Å²) in [6, 6.07) is 2.97. The number of hydrogen-bond donors (Lipinski definition) is 2. The molecule has 16 heteroatoms. The number of imidazole rings is 1. The molecule has 1 saturated heterocycles. The summed E-state index contributed by atoms with van der Waals surface area (Å²) in [4.78, 5) is 29.8. The molecule has 1 fully saturated rings. The summed E-state index contributed by atoms with van der Waals surface area (Å²) in [5.74, 6) is -6.82. The first-order valence-electron chi connectivity index (χ1n) is 13.1. The second kappa shape index (κ2) is 11.0. The Morgan fingerprint density at radius 3 is 2.62 bits per heavy atom. The quantitative estimate of drug-likeness (QED) is 0.307. The van der Waals surface area contributed by atoms with Gasteiger partial charge in [-0.05, 0) is 36.6 Å². The van der Waals surface area contributed by atoms with E-state index in [2.05, 4.69) is 25.8 Å². The monoisotopic (exact) mass is 601 g/mol. The molecule has 3 aromatic heterocycles. The number of amides is 2. The van der Waals surface area contributed by atoms with Crippen LogP contribution in [0.2, 0.25) is 0 Å². The van der Waals surface area contributed by atoms with Crippen molar-refractivity contribution in [2.24, 2.45) is 18.9 Å². The summed E-state index contributed by atoms with van der Waals surface area (Å²) >= 11 is 0. The van der Waals surface area contributed by atoms with E-state index in [1.165, 1.54) is 36.0 Å². The zero-order chi connectivity index (χ0) is 30.4. The van der Waals surface area contributed by atoms with Gasteiger partial charge in [0.1, 0.15) is 11.4 Å². The molecule has 0 radical (unpaired) electrons. The molecular formula is C26H26F7N7O2. The van der Waals surface area contributed by atoms with E-state index in [0.29, 0.717) is 11.3 Å². The number of nitrogens with zero attached hydrogens (tertiary/aromatic N) is 5. The molecule has 0 bridgehead atoms. The van der Waals surface area contributed by atoms with Gasteiger partial charge in [-0.3, -0.25) is 14.3 Å². The maximum Gasteiger partial charge on any atom is 0.393 e. The number of allylic oxidation sites excluding steroid dienone is 1. The van der Waals surface area contributed by atoms with Crippen molar-refractivity contribution in [2.45, 2.75) is 56.7 Å². The Hall–Kier alpha value is -3.98. The van der Waals surface area contributed by atoms with Gasteiger partial charge in [-0.25, -0.2) is 27.1 Å². The van der Waals surface area contributed by atoms with Gasteiger partial charge in [0.25, 0.3) is 18.3 Å². The van der Waals surface area contributed by atoms with E-state index >= 15 is 0 Å². The number of hydrogen-bond acceptors (Lipinski definition) is 5. The van der Waals surface area contributed by atoms with Crippen LogP contribution in [-0.4, -0.2) is 54.8 Å². The van der Waals surface area contributed by atoms with Crippen LogP contribution in [-0.2, 0) is 18.3 Å². The molecular weight excluding hydrogens is 575 g/mol. The van der Waals surface area contributed by atoms with Gasteiger partial charge >= 0.3 is 6.18 Å². The molecule has 0 spiro atoms. The SMILES string of the molecule is Cn1nc(C(F)F)cc1C(=O)N[C@@H](C1=CCC(F)(F)CC1)c1cn2nc(CC3C[C@@H](C(F)(F)F)CNC3=O)ccc2n1. The van der Waals surface area contributed by atoms with Gasteiger partial charge in [-0.1, -0.05) is 6.08 Å². The minimum Gasteiger partial charge on any atom is -0.355 e. The minimum atomic E-state index is -4.45. The Kier molecular flexibility index (Phi) is 7.74. The molecule has 2 aliphatic rings. The number of alkyl halides is 7. The number of carbonyl (C=O) groups is 2. The normalized spacial score (nSPS) is 21.7. The summed E-state index contributed by atoms with van der Waals surface area (Å²) in [5, 5.41) is 13.0.